The molecule has 1 saturated heterocycles. The van der Waals surface area contributed by atoms with Gasteiger partial charge in [0.2, 0.25) is 0 Å². The molecule has 0 aliphatic carbocycles. The van der Waals surface area contributed by atoms with E-state index in [0.717, 1.165) is 25.7 Å². The molecule has 1 unspecified atom stereocenters. The topological polar surface area (TPSA) is 90.2 Å². The summed E-state index contributed by atoms with van der Waals surface area (Å²) in [5.41, 5.74) is 0. The highest BCUT2D eigenvalue weighted by Crippen LogP contribution is 2.28. The van der Waals surface area contributed by atoms with Gasteiger partial charge in [-0.05, 0) is 12.3 Å². The van der Waals surface area contributed by atoms with Gasteiger partial charge >= 0.3 is 0 Å². The molecule has 1 aliphatic heterocycles. The molecule has 1 rings (SSSR count). The van der Waals surface area contributed by atoms with E-state index in [1.54, 1.807) is 0 Å². The third kappa shape index (κ3) is 4.39. The Morgan fingerprint density at radius 2 is 1.63 bits per heavy atom. The van der Waals surface area contributed by atoms with E-state index in [1.165, 1.54) is 0 Å². The van der Waals surface area contributed by atoms with Gasteiger partial charge in [0, 0.05) is 0 Å². The second-order valence-electron chi connectivity index (χ2n) is 5.52. The van der Waals surface area contributed by atoms with Crippen LogP contribution in [0.15, 0.2) is 0 Å². The van der Waals surface area contributed by atoms with Crippen molar-refractivity contribution in [3.05, 3.63) is 0 Å². The number of aliphatic hydroxyl groups excluding tert-OH is 4. The van der Waals surface area contributed by atoms with Gasteiger partial charge in [-0.15, -0.1) is 0 Å². The van der Waals surface area contributed by atoms with Gasteiger partial charge in [-0.1, -0.05) is 39.5 Å². The van der Waals surface area contributed by atoms with Crippen LogP contribution < -0.4 is 0 Å². The van der Waals surface area contributed by atoms with Crippen LogP contribution in [0.3, 0.4) is 0 Å². The van der Waals surface area contributed by atoms with Crippen LogP contribution in [0, 0.1) is 5.92 Å². The molecule has 0 aromatic carbocycles. The maximum absolute atomic E-state index is 9.97. The molecule has 114 valence electrons. The second kappa shape index (κ2) is 8.17. The maximum atomic E-state index is 9.97. The third-order valence-electron chi connectivity index (χ3n) is 4.10. The number of rotatable bonds is 7. The lowest BCUT2D eigenvalue weighted by molar-refractivity contribution is -0.232. The van der Waals surface area contributed by atoms with E-state index in [2.05, 4.69) is 13.8 Å². The zero-order valence-corrected chi connectivity index (χ0v) is 11.9. The first kappa shape index (κ1) is 16.9. The minimum Gasteiger partial charge on any atom is -0.394 e. The van der Waals surface area contributed by atoms with Crippen molar-refractivity contribution in [2.75, 3.05) is 6.61 Å². The Hall–Kier alpha value is -0.200. The van der Waals surface area contributed by atoms with Crippen molar-refractivity contribution in [2.24, 2.45) is 5.92 Å². The minimum atomic E-state index is -1.25. The molecule has 19 heavy (non-hydrogen) atoms. The highest BCUT2D eigenvalue weighted by atomic mass is 16.5. The average molecular weight is 276 g/mol. The monoisotopic (exact) mass is 276 g/mol. The summed E-state index contributed by atoms with van der Waals surface area (Å²) in [7, 11) is 0. The van der Waals surface area contributed by atoms with Gasteiger partial charge in [0.05, 0.1) is 12.7 Å². The van der Waals surface area contributed by atoms with Gasteiger partial charge in [0.1, 0.15) is 24.4 Å². The van der Waals surface area contributed by atoms with Crippen LogP contribution in [-0.4, -0.2) is 57.6 Å². The SMILES string of the molecule is CCCCC(CC)C[C@H]1O[C@H](CO)[C@@H](O)[C@H](O)[C@H]1O. The fraction of sp³-hybridized carbons (Fsp3) is 1.00. The molecule has 0 bridgehead atoms. The minimum absolute atomic E-state index is 0.354. The van der Waals surface area contributed by atoms with Gasteiger partial charge < -0.3 is 25.2 Å². The van der Waals surface area contributed by atoms with E-state index in [9.17, 15) is 15.3 Å². The van der Waals surface area contributed by atoms with Gasteiger partial charge in [0.15, 0.2) is 0 Å². The molecule has 6 atom stereocenters. The molecule has 5 heteroatoms. The molecule has 1 heterocycles. The fourth-order valence-electron chi connectivity index (χ4n) is 2.68. The Morgan fingerprint density at radius 1 is 1.00 bits per heavy atom. The summed E-state index contributed by atoms with van der Waals surface area (Å²) in [6.07, 6.45) is 0.0836. The van der Waals surface area contributed by atoms with Crippen LogP contribution in [0.5, 0.6) is 0 Å². The molecule has 1 aliphatic rings. The van der Waals surface area contributed by atoms with Gasteiger partial charge in [-0.3, -0.25) is 0 Å². The molecule has 0 spiro atoms. The van der Waals surface area contributed by atoms with E-state index in [1.807, 2.05) is 0 Å². The molecule has 1 fully saturated rings. The lowest BCUT2D eigenvalue weighted by atomic mass is 9.86. The van der Waals surface area contributed by atoms with Gasteiger partial charge in [-0.25, -0.2) is 0 Å². The van der Waals surface area contributed by atoms with Crippen LogP contribution in [0.25, 0.3) is 0 Å². The quantitative estimate of drug-likeness (QED) is 0.541. The van der Waals surface area contributed by atoms with Crippen LogP contribution in [0.2, 0.25) is 0 Å². The fourth-order valence-corrected chi connectivity index (χ4v) is 2.68. The molecule has 5 nitrogen and oxygen atoms in total. The van der Waals surface area contributed by atoms with Crippen LogP contribution >= 0.6 is 0 Å². The Morgan fingerprint density at radius 3 is 2.16 bits per heavy atom. The number of hydrogen-bond acceptors (Lipinski definition) is 5. The first-order valence-electron chi connectivity index (χ1n) is 7.35. The molecular formula is C14H28O5. The molecule has 0 aromatic rings. The van der Waals surface area contributed by atoms with E-state index < -0.39 is 30.5 Å². The second-order valence-corrected chi connectivity index (χ2v) is 5.52. The molecule has 0 aromatic heterocycles. The zero-order chi connectivity index (χ0) is 14.4. The van der Waals surface area contributed by atoms with Crippen molar-refractivity contribution in [3.63, 3.8) is 0 Å². The van der Waals surface area contributed by atoms with Gasteiger partial charge in [-0.2, -0.15) is 0 Å². The predicted octanol–water partition coefficient (Wildman–Crippen LogP) is 0.435. The van der Waals surface area contributed by atoms with Crippen LogP contribution in [-0.2, 0) is 4.74 Å². The average Bonchev–Trinajstić information content (AvgIpc) is 2.43. The van der Waals surface area contributed by atoms with E-state index in [4.69, 9.17) is 9.84 Å². The van der Waals surface area contributed by atoms with E-state index in [0.29, 0.717) is 12.3 Å². The first-order valence-corrected chi connectivity index (χ1v) is 7.35. The molecule has 0 saturated carbocycles. The van der Waals surface area contributed by atoms with Gasteiger partial charge in [0.25, 0.3) is 0 Å². The number of unbranched alkanes of at least 4 members (excludes halogenated alkanes) is 1. The summed E-state index contributed by atoms with van der Waals surface area (Å²) >= 11 is 0. The van der Waals surface area contributed by atoms with Crippen molar-refractivity contribution < 1.29 is 25.2 Å². The molecular weight excluding hydrogens is 248 g/mol. The summed E-state index contributed by atoms with van der Waals surface area (Å²) in [6, 6.07) is 0. The summed E-state index contributed by atoms with van der Waals surface area (Å²) in [4.78, 5) is 0. The normalized spacial score (nSPS) is 37.3. The Balaban J connectivity index is 2.59. The number of hydrogen-bond donors (Lipinski definition) is 4. The summed E-state index contributed by atoms with van der Waals surface area (Å²) in [6.45, 7) is 3.89. The smallest absolute Gasteiger partial charge is 0.111 e. The summed E-state index contributed by atoms with van der Waals surface area (Å²) in [5, 5.41) is 38.6. The van der Waals surface area contributed by atoms with E-state index in [-0.39, 0.29) is 6.61 Å². The maximum Gasteiger partial charge on any atom is 0.111 e. The van der Waals surface area contributed by atoms with Crippen LogP contribution in [0.4, 0.5) is 0 Å². The highest BCUT2D eigenvalue weighted by Gasteiger charge is 2.43. The lowest BCUT2D eigenvalue weighted by Crippen LogP contribution is -2.58. The van der Waals surface area contributed by atoms with Crippen molar-refractivity contribution in [1.29, 1.82) is 0 Å². The van der Waals surface area contributed by atoms with Crippen LogP contribution in [0.1, 0.15) is 46.0 Å². The van der Waals surface area contributed by atoms with Crippen molar-refractivity contribution in [2.45, 2.75) is 76.5 Å². The molecule has 4 N–H and O–H groups in total. The summed E-state index contributed by atoms with van der Waals surface area (Å²) < 4.78 is 5.53. The van der Waals surface area contributed by atoms with Crippen molar-refractivity contribution in [3.8, 4) is 0 Å². The number of ether oxygens (including phenoxy) is 1. The predicted molar refractivity (Wildman–Crippen MR) is 71.7 cm³/mol. The van der Waals surface area contributed by atoms with E-state index >= 15 is 0 Å². The standard InChI is InChI=1S/C14H28O5/c1-3-5-6-9(4-2)7-10-12(16)14(18)13(17)11(8-15)19-10/h9-18H,3-8H2,1-2H3/t9?,10-,11-,12+,13-,14-/m1/s1. The Labute approximate surface area is 115 Å². The largest absolute Gasteiger partial charge is 0.394 e. The first-order chi connectivity index (χ1) is 9.04. The molecule has 0 radical (unpaired) electrons. The van der Waals surface area contributed by atoms with Crippen molar-refractivity contribution >= 4 is 0 Å². The molecule has 0 amide bonds. The zero-order valence-electron chi connectivity index (χ0n) is 11.9. The Kier molecular flexibility index (Phi) is 7.25. The lowest BCUT2D eigenvalue weighted by Gasteiger charge is -2.41. The number of aliphatic hydroxyl groups is 4. The third-order valence-corrected chi connectivity index (χ3v) is 4.10. The highest BCUT2D eigenvalue weighted by molar-refractivity contribution is 4.92. The Bertz CT molecular complexity index is 246. The van der Waals surface area contributed by atoms with Crippen molar-refractivity contribution in [1.82, 2.24) is 0 Å². The summed E-state index contributed by atoms with van der Waals surface area (Å²) in [5.74, 6) is 0.432.